The summed E-state index contributed by atoms with van der Waals surface area (Å²) >= 11 is 0. The van der Waals surface area contributed by atoms with Gasteiger partial charge < -0.3 is 9.88 Å². The van der Waals surface area contributed by atoms with Crippen LogP contribution in [0.25, 0.3) is 11.3 Å². The zero-order chi connectivity index (χ0) is 13.8. The van der Waals surface area contributed by atoms with E-state index in [9.17, 15) is 0 Å². The van der Waals surface area contributed by atoms with Crippen LogP contribution < -0.4 is 5.32 Å². The monoisotopic (exact) mass is 268 g/mol. The zero-order valence-electron chi connectivity index (χ0n) is 12.4. The van der Waals surface area contributed by atoms with Crippen molar-refractivity contribution in [3.63, 3.8) is 0 Å². The number of nitrogens with one attached hydrogen (secondary N) is 1. The minimum Gasteiger partial charge on any atom is -0.344 e. The Balaban J connectivity index is 1.97. The molecule has 0 amide bonds. The summed E-state index contributed by atoms with van der Waals surface area (Å²) in [6, 6.07) is 13.3. The number of aromatic nitrogens is 1. The van der Waals surface area contributed by atoms with Crippen molar-refractivity contribution in [2.24, 2.45) is 0 Å². The molecule has 2 heteroatoms. The molecule has 0 bridgehead atoms. The van der Waals surface area contributed by atoms with Crippen molar-refractivity contribution in [3.05, 3.63) is 47.7 Å². The molecule has 1 aromatic heterocycles. The van der Waals surface area contributed by atoms with Crippen molar-refractivity contribution >= 4 is 0 Å². The topological polar surface area (TPSA) is 17.0 Å². The average molecular weight is 268 g/mol. The smallest absolute Gasteiger partial charge is 0.0485 e. The summed E-state index contributed by atoms with van der Waals surface area (Å²) < 4.78 is 2.57. The molecule has 0 spiro atoms. The first-order valence-corrected chi connectivity index (χ1v) is 7.81. The van der Waals surface area contributed by atoms with Gasteiger partial charge in [0.15, 0.2) is 0 Å². The molecule has 1 aliphatic carbocycles. The highest BCUT2D eigenvalue weighted by Gasteiger charge is 2.18. The first-order valence-electron chi connectivity index (χ1n) is 7.81. The molecule has 0 fully saturated rings. The van der Waals surface area contributed by atoms with Crippen LogP contribution in [0, 0.1) is 0 Å². The molecule has 1 aliphatic rings. The fourth-order valence-corrected chi connectivity index (χ4v) is 3.28. The third-order valence-corrected chi connectivity index (χ3v) is 4.29. The maximum absolute atomic E-state index is 3.26. The first kappa shape index (κ1) is 13.4. The van der Waals surface area contributed by atoms with E-state index < -0.39 is 0 Å². The molecule has 2 nitrogen and oxygen atoms in total. The van der Waals surface area contributed by atoms with Crippen LogP contribution in [-0.4, -0.2) is 18.2 Å². The molecule has 0 aliphatic heterocycles. The molecule has 0 saturated carbocycles. The van der Waals surface area contributed by atoms with Gasteiger partial charge in [-0.2, -0.15) is 0 Å². The van der Waals surface area contributed by atoms with Gasteiger partial charge in [0.2, 0.25) is 0 Å². The largest absolute Gasteiger partial charge is 0.344 e. The van der Waals surface area contributed by atoms with Crippen molar-refractivity contribution in [1.29, 1.82) is 0 Å². The Labute approximate surface area is 121 Å². The lowest BCUT2D eigenvalue weighted by molar-refractivity contribution is 0.572. The van der Waals surface area contributed by atoms with Gasteiger partial charge in [0.05, 0.1) is 0 Å². The molecule has 0 atom stereocenters. The summed E-state index contributed by atoms with van der Waals surface area (Å²) in [4.78, 5) is 0. The van der Waals surface area contributed by atoms with E-state index in [0.717, 1.165) is 13.1 Å². The molecular weight excluding hydrogens is 244 g/mol. The molecule has 0 saturated heterocycles. The van der Waals surface area contributed by atoms with Gasteiger partial charge in [0, 0.05) is 17.9 Å². The molecule has 0 unspecified atom stereocenters. The number of fused-ring (bicyclic) bond motifs is 1. The summed E-state index contributed by atoms with van der Waals surface area (Å²) in [5.74, 6) is 0. The van der Waals surface area contributed by atoms with Crippen molar-refractivity contribution in [1.82, 2.24) is 9.88 Å². The lowest BCUT2D eigenvalue weighted by Crippen LogP contribution is -2.14. The van der Waals surface area contributed by atoms with Gasteiger partial charge in [0.25, 0.3) is 0 Å². The van der Waals surface area contributed by atoms with Crippen molar-refractivity contribution < 1.29 is 0 Å². The highest BCUT2D eigenvalue weighted by atomic mass is 15.0. The molecule has 3 rings (SSSR count). The fourth-order valence-electron chi connectivity index (χ4n) is 3.28. The van der Waals surface area contributed by atoms with Gasteiger partial charge in [-0.15, -0.1) is 0 Å². The van der Waals surface area contributed by atoms with Crippen molar-refractivity contribution in [2.75, 3.05) is 13.6 Å². The zero-order valence-corrected chi connectivity index (χ0v) is 12.4. The van der Waals surface area contributed by atoms with E-state index in [1.165, 1.54) is 43.4 Å². The Hall–Kier alpha value is -1.54. The second-order valence-electron chi connectivity index (χ2n) is 5.68. The standard InChI is InChI=1S/C18H24N2/c1-19-12-7-13-20-17-11-6-5-10-16(17)14-18(20)15-8-3-2-4-9-15/h2-4,8-9,14,19H,5-7,10-13H2,1H3. The van der Waals surface area contributed by atoms with Gasteiger partial charge >= 0.3 is 0 Å². The molecule has 2 aromatic rings. The summed E-state index contributed by atoms with van der Waals surface area (Å²) in [6.45, 7) is 2.21. The van der Waals surface area contributed by atoms with E-state index in [4.69, 9.17) is 0 Å². The van der Waals surface area contributed by atoms with Crippen LogP contribution in [0.2, 0.25) is 0 Å². The number of benzene rings is 1. The molecule has 1 heterocycles. The molecular formula is C18H24N2. The third kappa shape index (κ3) is 2.66. The lowest BCUT2D eigenvalue weighted by atomic mass is 9.98. The van der Waals surface area contributed by atoms with Crippen LogP contribution in [0.15, 0.2) is 36.4 Å². The molecule has 0 radical (unpaired) electrons. The summed E-state index contributed by atoms with van der Waals surface area (Å²) in [7, 11) is 2.03. The van der Waals surface area contributed by atoms with Crippen LogP contribution in [0.1, 0.15) is 30.5 Å². The highest BCUT2D eigenvalue weighted by molar-refractivity contribution is 5.62. The van der Waals surface area contributed by atoms with Gasteiger partial charge in [-0.1, -0.05) is 30.3 Å². The van der Waals surface area contributed by atoms with Crippen molar-refractivity contribution in [2.45, 2.75) is 38.6 Å². The number of nitrogens with zero attached hydrogens (tertiary/aromatic N) is 1. The Kier molecular flexibility index (Phi) is 4.22. The van der Waals surface area contributed by atoms with Crippen molar-refractivity contribution in [3.8, 4) is 11.3 Å². The number of rotatable bonds is 5. The van der Waals surface area contributed by atoms with E-state index >= 15 is 0 Å². The average Bonchev–Trinajstić information content (AvgIpc) is 2.87. The van der Waals surface area contributed by atoms with Crippen LogP contribution in [-0.2, 0) is 19.4 Å². The van der Waals surface area contributed by atoms with Crippen LogP contribution in [0.3, 0.4) is 0 Å². The molecule has 106 valence electrons. The maximum atomic E-state index is 3.26. The lowest BCUT2D eigenvalue weighted by Gasteiger charge is -2.17. The first-order chi connectivity index (χ1) is 9.90. The molecule has 1 aromatic carbocycles. The highest BCUT2D eigenvalue weighted by Crippen LogP contribution is 2.31. The van der Waals surface area contributed by atoms with E-state index in [1.807, 2.05) is 7.05 Å². The summed E-state index contributed by atoms with van der Waals surface area (Å²) in [5.41, 5.74) is 5.94. The number of hydrogen-bond acceptors (Lipinski definition) is 1. The summed E-state index contributed by atoms with van der Waals surface area (Å²) in [5, 5.41) is 3.26. The fraction of sp³-hybridized carbons (Fsp3) is 0.444. The Morgan fingerprint density at radius 2 is 1.90 bits per heavy atom. The normalized spacial score (nSPS) is 14.2. The van der Waals surface area contributed by atoms with E-state index in [1.54, 1.807) is 11.3 Å². The maximum Gasteiger partial charge on any atom is 0.0485 e. The SMILES string of the molecule is CNCCCn1c(-c2ccccc2)cc2c1CCCC2. The second kappa shape index (κ2) is 6.27. The van der Waals surface area contributed by atoms with Crippen LogP contribution in [0.4, 0.5) is 0 Å². The Morgan fingerprint density at radius 3 is 2.70 bits per heavy atom. The predicted molar refractivity (Wildman–Crippen MR) is 85.1 cm³/mol. The van der Waals surface area contributed by atoms with Gasteiger partial charge in [-0.3, -0.25) is 0 Å². The Morgan fingerprint density at radius 1 is 1.10 bits per heavy atom. The quantitative estimate of drug-likeness (QED) is 0.819. The number of hydrogen-bond donors (Lipinski definition) is 1. The molecule has 1 N–H and O–H groups in total. The molecule has 20 heavy (non-hydrogen) atoms. The third-order valence-electron chi connectivity index (χ3n) is 4.29. The second-order valence-corrected chi connectivity index (χ2v) is 5.68. The minimum absolute atomic E-state index is 1.08. The van der Waals surface area contributed by atoms with Gasteiger partial charge in [-0.25, -0.2) is 0 Å². The summed E-state index contributed by atoms with van der Waals surface area (Å²) in [6.07, 6.45) is 6.40. The van der Waals surface area contributed by atoms with E-state index in [2.05, 4.69) is 46.3 Å². The van der Waals surface area contributed by atoms with Gasteiger partial charge in [-0.05, 0) is 62.9 Å². The Bertz CT molecular complexity index is 554. The van der Waals surface area contributed by atoms with Crippen LogP contribution in [0.5, 0.6) is 0 Å². The van der Waals surface area contributed by atoms with Crippen LogP contribution >= 0.6 is 0 Å². The van der Waals surface area contributed by atoms with Gasteiger partial charge in [0.1, 0.15) is 0 Å². The van der Waals surface area contributed by atoms with E-state index in [-0.39, 0.29) is 0 Å². The van der Waals surface area contributed by atoms with E-state index in [0.29, 0.717) is 0 Å². The predicted octanol–water partition coefficient (Wildman–Crippen LogP) is 3.64. The minimum atomic E-state index is 1.08. The number of aryl methyl sites for hydroxylation is 1.